The Hall–Kier alpha value is -1.01. The van der Waals surface area contributed by atoms with Gasteiger partial charge in [0.25, 0.3) is 5.91 Å². The van der Waals surface area contributed by atoms with Gasteiger partial charge in [0.15, 0.2) is 0 Å². The normalized spacial score (nSPS) is 24.6. The summed E-state index contributed by atoms with van der Waals surface area (Å²) in [6.07, 6.45) is 2.19. The number of hydrogen-bond donors (Lipinski definition) is 1. The van der Waals surface area contributed by atoms with Crippen LogP contribution in [0.2, 0.25) is 0 Å². The summed E-state index contributed by atoms with van der Waals surface area (Å²) in [5.74, 6) is 0.00243. The molecule has 1 aliphatic rings. The number of nitrogens with zero attached hydrogens (tertiary/aromatic N) is 3. The second-order valence-electron chi connectivity index (χ2n) is 6.84. The first-order valence-electron chi connectivity index (χ1n) is 7.05. The number of carbonyl (C=O) groups excluding carboxylic acids is 1. The highest BCUT2D eigenvalue weighted by Crippen LogP contribution is 2.28. The molecule has 20 heavy (non-hydrogen) atoms. The molecule has 0 radical (unpaired) electrons. The SMILES string of the molecule is CC1(O)CCCN(C(=O)c2snnc2C(C)(C)C)CC1. The number of aromatic nitrogens is 2. The van der Waals surface area contributed by atoms with E-state index in [1.807, 2.05) is 32.6 Å². The highest BCUT2D eigenvalue weighted by Gasteiger charge is 2.32. The summed E-state index contributed by atoms with van der Waals surface area (Å²) in [5, 5.41) is 14.2. The predicted octanol–water partition coefficient (Wildman–Crippen LogP) is 2.21. The molecule has 6 heteroatoms. The molecule has 1 aliphatic heterocycles. The van der Waals surface area contributed by atoms with Gasteiger partial charge in [0, 0.05) is 18.5 Å². The summed E-state index contributed by atoms with van der Waals surface area (Å²) in [6.45, 7) is 9.23. The van der Waals surface area contributed by atoms with Gasteiger partial charge in [-0.1, -0.05) is 25.3 Å². The molecular weight excluding hydrogens is 274 g/mol. The van der Waals surface area contributed by atoms with Gasteiger partial charge in [-0.25, -0.2) is 0 Å². The third-order valence-electron chi connectivity index (χ3n) is 3.74. The van der Waals surface area contributed by atoms with Gasteiger partial charge < -0.3 is 10.0 Å². The molecule has 0 aliphatic carbocycles. The van der Waals surface area contributed by atoms with Gasteiger partial charge in [-0.2, -0.15) is 0 Å². The first-order valence-corrected chi connectivity index (χ1v) is 7.82. The van der Waals surface area contributed by atoms with Crippen LogP contribution < -0.4 is 0 Å². The van der Waals surface area contributed by atoms with Gasteiger partial charge in [0.1, 0.15) is 4.88 Å². The highest BCUT2D eigenvalue weighted by atomic mass is 32.1. The first kappa shape index (κ1) is 15.4. The zero-order chi connectivity index (χ0) is 15.0. The molecule has 1 N–H and O–H groups in total. The predicted molar refractivity (Wildman–Crippen MR) is 79.0 cm³/mol. The van der Waals surface area contributed by atoms with Crippen molar-refractivity contribution in [2.75, 3.05) is 13.1 Å². The fourth-order valence-electron chi connectivity index (χ4n) is 2.43. The average Bonchev–Trinajstić information content (AvgIpc) is 2.74. The van der Waals surface area contributed by atoms with Crippen molar-refractivity contribution < 1.29 is 9.90 Å². The van der Waals surface area contributed by atoms with Crippen LogP contribution in [-0.2, 0) is 5.41 Å². The maximum atomic E-state index is 12.7. The van der Waals surface area contributed by atoms with E-state index in [0.717, 1.165) is 18.5 Å². The first-order chi connectivity index (χ1) is 9.21. The van der Waals surface area contributed by atoms with E-state index in [1.54, 1.807) is 0 Å². The standard InChI is InChI=1S/C14H23N3O2S/c1-13(2,3)11-10(20-16-15-11)12(18)17-8-5-6-14(4,19)7-9-17/h19H,5-9H2,1-4H3. The average molecular weight is 297 g/mol. The van der Waals surface area contributed by atoms with E-state index >= 15 is 0 Å². The zero-order valence-electron chi connectivity index (χ0n) is 12.6. The van der Waals surface area contributed by atoms with Crippen molar-refractivity contribution in [3.05, 3.63) is 10.6 Å². The largest absolute Gasteiger partial charge is 0.390 e. The zero-order valence-corrected chi connectivity index (χ0v) is 13.5. The molecular formula is C14H23N3O2S. The van der Waals surface area contributed by atoms with Crippen molar-refractivity contribution in [3.63, 3.8) is 0 Å². The van der Waals surface area contributed by atoms with E-state index in [9.17, 15) is 9.90 Å². The molecule has 1 atom stereocenters. The minimum absolute atomic E-state index is 0.00243. The van der Waals surface area contributed by atoms with Gasteiger partial charge in [0.2, 0.25) is 0 Å². The molecule has 0 bridgehead atoms. The van der Waals surface area contributed by atoms with Crippen molar-refractivity contribution >= 4 is 17.4 Å². The van der Waals surface area contributed by atoms with E-state index in [1.165, 1.54) is 11.5 Å². The number of carbonyl (C=O) groups is 1. The van der Waals surface area contributed by atoms with Crippen molar-refractivity contribution in [3.8, 4) is 0 Å². The molecule has 2 rings (SSSR count). The Kier molecular flexibility index (Phi) is 4.16. The van der Waals surface area contributed by atoms with Crippen LogP contribution >= 0.6 is 11.5 Å². The molecule has 1 unspecified atom stereocenters. The number of aliphatic hydroxyl groups is 1. The molecule has 1 amide bonds. The number of rotatable bonds is 1. The van der Waals surface area contributed by atoms with Crippen LogP contribution in [0.15, 0.2) is 0 Å². The lowest BCUT2D eigenvalue weighted by Gasteiger charge is -2.23. The fraction of sp³-hybridized carbons (Fsp3) is 0.786. The Labute approximate surface area is 124 Å². The van der Waals surface area contributed by atoms with Gasteiger partial charge in [-0.15, -0.1) is 5.10 Å². The molecule has 5 nitrogen and oxygen atoms in total. The second kappa shape index (κ2) is 5.41. The van der Waals surface area contributed by atoms with Gasteiger partial charge in [0.05, 0.1) is 11.3 Å². The fourth-order valence-corrected chi connectivity index (χ4v) is 3.28. The van der Waals surface area contributed by atoms with Crippen molar-refractivity contribution in [1.82, 2.24) is 14.5 Å². The number of hydrogen-bond acceptors (Lipinski definition) is 5. The maximum Gasteiger partial charge on any atom is 0.267 e. The molecule has 1 saturated heterocycles. The summed E-state index contributed by atoms with van der Waals surface area (Å²) in [4.78, 5) is 15.1. The minimum atomic E-state index is -0.659. The maximum absolute atomic E-state index is 12.7. The minimum Gasteiger partial charge on any atom is -0.390 e. The monoisotopic (exact) mass is 297 g/mol. The molecule has 1 aromatic rings. The van der Waals surface area contributed by atoms with Crippen LogP contribution in [0.5, 0.6) is 0 Å². The van der Waals surface area contributed by atoms with Crippen LogP contribution in [0.25, 0.3) is 0 Å². The quantitative estimate of drug-likeness (QED) is 0.863. The van der Waals surface area contributed by atoms with Crippen molar-refractivity contribution in [2.45, 2.75) is 58.0 Å². The van der Waals surface area contributed by atoms with Crippen LogP contribution in [0.4, 0.5) is 0 Å². The van der Waals surface area contributed by atoms with Crippen LogP contribution in [0.1, 0.15) is 62.3 Å². The molecule has 2 heterocycles. The third-order valence-corrected chi connectivity index (χ3v) is 4.46. The van der Waals surface area contributed by atoms with Gasteiger partial charge in [-0.3, -0.25) is 4.79 Å². The van der Waals surface area contributed by atoms with Crippen LogP contribution in [0, 0.1) is 0 Å². The summed E-state index contributed by atoms with van der Waals surface area (Å²) in [6, 6.07) is 0. The smallest absolute Gasteiger partial charge is 0.267 e. The van der Waals surface area contributed by atoms with E-state index in [4.69, 9.17) is 0 Å². The summed E-state index contributed by atoms with van der Waals surface area (Å²) >= 11 is 1.17. The van der Waals surface area contributed by atoms with Crippen molar-refractivity contribution in [1.29, 1.82) is 0 Å². The molecule has 0 aromatic carbocycles. The summed E-state index contributed by atoms with van der Waals surface area (Å²) < 4.78 is 3.95. The van der Waals surface area contributed by atoms with Crippen LogP contribution in [0.3, 0.4) is 0 Å². The lowest BCUT2D eigenvalue weighted by Crippen LogP contribution is -2.34. The van der Waals surface area contributed by atoms with E-state index in [-0.39, 0.29) is 11.3 Å². The highest BCUT2D eigenvalue weighted by molar-refractivity contribution is 7.08. The number of likely N-dealkylation sites (tertiary alicyclic amines) is 1. The molecule has 1 fully saturated rings. The van der Waals surface area contributed by atoms with Crippen LogP contribution in [-0.4, -0.2) is 44.2 Å². The summed E-state index contributed by atoms with van der Waals surface area (Å²) in [7, 11) is 0. The Bertz CT molecular complexity index is 491. The Morgan fingerprint density at radius 1 is 1.35 bits per heavy atom. The second-order valence-corrected chi connectivity index (χ2v) is 7.60. The lowest BCUT2D eigenvalue weighted by atomic mass is 9.91. The van der Waals surface area contributed by atoms with Crippen molar-refractivity contribution in [2.24, 2.45) is 0 Å². The Morgan fingerprint density at radius 3 is 2.70 bits per heavy atom. The summed E-state index contributed by atoms with van der Waals surface area (Å²) in [5.41, 5.74) is -0.0769. The topological polar surface area (TPSA) is 66.3 Å². The lowest BCUT2D eigenvalue weighted by molar-refractivity contribution is 0.0438. The Balaban J connectivity index is 2.18. The molecule has 0 spiro atoms. The van der Waals surface area contributed by atoms with Gasteiger partial charge >= 0.3 is 0 Å². The van der Waals surface area contributed by atoms with E-state index in [0.29, 0.717) is 24.4 Å². The number of amides is 1. The van der Waals surface area contributed by atoms with E-state index < -0.39 is 5.60 Å². The molecule has 112 valence electrons. The van der Waals surface area contributed by atoms with E-state index in [2.05, 4.69) is 9.59 Å². The third kappa shape index (κ3) is 3.35. The van der Waals surface area contributed by atoms with Gasteiger partial charge in [-0.05, 0) is 37.7 Å². The molecule has 1 aromatic heterocycles. The molecule has 0 saturated carbocycles. The Morgan fingerprint density at radius 2 is 2.05 bits per heavy atom.